The van der Waals surface area contributed by atoms with Crippen LogP contribution in [0.15, 0.2) is 18.2 Å². The third-order valence-corrected chi connectivity index (χ3v) is 4.94. The van der Waals surface area contributed by atoms with Gasteiger partial charge in [0.05, 0.1) is 0 Å². The summed E-state index contributed by atoms with van der Waals surface area (Å²) in [6.45, 7) is 12.9. The zero-order valence-corrected chi connectivity index (χ0v) is 15.7. The van der Waals surface area contributed by atoms with E-state index in [-0.39, 0.29) is 12.5 Å². The van der Waals surface area contributed by atoms with E-state index in [0.717, 1.165) is 23.4 Å². The molecule has 0 spiro atoms. The number of halogens is 1. The van der Waals surface area contributed by atoms with Crippen LogP contribution in [0.3, 0.4) is 0 Å². The minimum atomic E-state index is -0.588. The van der Waals surface area contributed by atoms with Crippen molar-refractivity contribution in [2.24, 2.45) is 23.0 Å². The highest BCUT2D eigenvalue weighted by Crippen LogP contribution is 2.34. The lowest BCUT2D eigenvalue weighted by atomic mass is 9.75. The number of aryl methyl sites for hydroxylation is 1. The van der Waals surface area contributed by atoms with Crippen LogP contribution in [0.25, 0.3) is 0 Å². The van der Waals surface area contributed by atoms with Crippen molar-refractivity contribution >= 4 is 11.6 Å². The van der Waals surface area contributed by atoms with Crippen molar-refractivity contribution in [3.05, 3.63) is 34.3 Å². The molecule has 1 rings (SSSR count). The molecule has 2 nitrogen and oxygen atoms in total. The number of hydrogen-bond donors (Lipinski definition) is 2. The van der Waals surface area contributed by atoms with Gasteiger partial charge in [-0.1, -0.05) is 58.4 Å². The Hall–Kier alpha value is -0.570. The quantitative estimate of drug-likeness (QED) is 0.792. The van der Waals surface area contributed by atoms with Crippen molar-refractivity contribution in [2.75, 3.05) is 6.61 Å². The summed E-state index contributed by atoms with van der Waals surface area (Å²) in [6, 6.07) is 6.13. The zero-order chi connectivity index (χ0) is 17.1. The molecule has 2 unspecified atom stereocenters. The average molecular weight is 326 g/mol. The van der Waals surface area contributed by atoms with Gasteiger partial charge in [-0.15, -0.1) is 0 Å². The normalized spacial score (nSPS) is 16.6. The van der Waals surface area contributed by atoms with Crippen molar-refractivity contribution < 1.29 is 5.11 Å². The smallest absolute Gasteiger partial charge is 0.0482 e. The maximum atomic E-state index is 9.68. The van der Waals surface area contributed by atoms with Crippen LogP contribution in [0, 0.1) is 17.3 Å². The molecule has 0 aliphatic rings. The largest absolute Gasteiger partial charge is 0.396 e. The van der Waals surface area contributed by atoms with Gasteiger partial charge in [-0.25, -0.2) is 0 Å². The van der Waals surface area contributed by atoms with Crippen LogP contribution in [0.1, 0.15) is 59.1 Å². The van der Waals surface area contributed by atoms with Crippen molar-refractivity contribution in [3.8, 4) is 0 Å². The van der Waals surface area contributed by atoms with Crippen molar-refractivity contribution in [3.63, 3.8) is 0 Å². The Bertz CT molecular complexity index is 489. The molecule has 1 aromatic carbocycles. The summed E-state index contributed by atoms with van der Waals surface area (Å²) in [7, 11) is 0. The van der Waals surface area contributed by atoms with Crippen molar-refractivity contribution in [1.29, 1.82) is 0 Å². The van der Waals surface area contributed by atoms with Gasteiger partial charge in [-0.3, -0.25) is 0 Å². The second-order valence-electron chi connectivity index (χ2n) is 8.18. The van der Waals surface area contributed by atoms with E-state index in [0.29, 0.717) is 11.3 Å². The van der Waals surface area contributed by atoms with E-state index in [1.54, 1.807) is 0 Å². The molecule has 0 fully saturated rings. The third kappa shape index (κ3) is 4.97. The number of aliphatic hydroxyl groups is 1. The zero-order valence-electron chi connectivity index (χ0n) is 14.9. The monoisotopic (exact) mass is 325 g/mol. The molecule has 0 aromatic heterocycles. The Morgan fingerprint density at radius 1 is 1.18 bits per heavy atom. The molecule has 22 heavy (non-hydrogen) atoms. The molecule has 126 valence electrons. The van der Waals surface area contributed by atoms with Gasteiger partial charge in [-0.2, -0.15) is 0 Å². The number of benzene rings is 1. The van der Waals surface area contributed by atoms with Gasteiger partial charge in [0.2, 0.25) is 0 Å². The molecule has 0 heterocycles. The second kappa shape index (κ2) is 7.33. The molecule has 2 atom stereocenters. The summed E-state index contributed by atoms with van der Waals surface area (Å²) in [6.07, 6.45) is 2.06. The lowest BCUT2D eigenvalue weighted by molar-refractivity contribution is 0.120. The molecule has 0 amide bonds. The van der Waals surface area contributed by atoms with Crippen LogP contribution in [0.5, 0.6) is 0 Å². The number of hydrogen-bond acceptors (Lipinski definition) is 2. The standard InChI is InChI=1S/C19H32ClNO/c1-13(2)16(12-22)19(6,21)15-8-7-14(17(20)11-15)9-10-18(3,4)5/h7-8,11,13,16,22H,9-10,12,21H2,1-6H3. The Kier molecular flexibility index (Phi) is 6.49. The summed E-state index contributed by atoms with van der Waals surface area (Å²) in [5.41, 5.74) is 8.40. The van der Waals surface area contributed by atoms with Crippen LogP contribution in [-0.2, 0) is 12.0 Å². The number of nitrogens with two attached hydrogens (primary N) is 1. The Balaban J connectivity index is 3.01. The fourth-order valence-electron chi connectivity index (χ4n) is 2.90. The Morgan fingerprint density at radius 3 is 2.18 bits per heavy atom. The van der Waals surface area contributed by atoms with E-state index < -0.39 is 5.54 Å². The third-order valence-electron chi connectivity index (χ3n) is 4.59. The van der Waals surface area contributed by atoms with E-state index in [4.69, 9.17) is 17.3 Å². The molecule has 0 saturated carbocycles. The first-order valence-electron chi connectivity index (χ1n) is 8.17. The highest BCUT2D eigenvalue weighted by molar-refractivity contribution is 6.31. The van der Waals surface area contributed by atoms with Crippen LogP contribution < -0.4 is 5.73 Å². The highest BCUT2D eigenvalue weighted by atomic mass is 35.5. The summed E-state index contributed by atoms with van der Waals surface area (Å²) in [5.74, 6) is 0.309. The first kappa shape index (κ1) is 19.5. The van der Waals surface area contributed by atoms with Gasteiger partial charge < -0.3 is 10.8 Å². The van der Waals surface area contributed by atoms with E-state index >= 15 is 0 Å². The van der Waals surface area contributed by atoms with E-state index in [1.807, 2.05) is 13.0 Å². The summed E-state index contributed by atoms with van der Waals surface area (Å²) in [4.78, 5) is 0. The van der Waals surface area contributed by atoms with Crippen molar-refractivity contribution in [1.82, 2.24) is 0 Å². The fraction of sp³-hybridized carbons (Fsp3) is 0.684. The van der Waals surface area contributed by atoms with Crippen LogP contribution in [0.4, 0.5) is 0 Å². The maximum Gasteiger partial charge on any atom is 0.0482 e. The minimum Gasteiger partial charge on any atom is -0.396 e. The molecule has 0 radical (unpaired) electrons. The van der Waals surface area contributed by atoms with E-state index in [9.17, 15) is 5.11 Å². The Labute approximate surface area is 141 Å². The average Bonchev–Trinajstić information content (AvgIpc) is 2.36. The van der Waals surface area contributed by atoms with Gasteiger partial charge >= 0.3 is 0 Å². The van der Waals surface area contributed by atoms with E-state index in [1.165, 1.54) is 5.56 Å². The number of rotatable bonds is 6. The topological polar surface area (TPSA) is 46.2 Å². The lowest BCUT2D eigenvalue weighted by Gasteiger charge is -2.36. The molecule has 0 aliphatic heterocycles. The van der Waals surface area contributed by atoms with Gasteiger partial charge in [0.15, 0.2) is 0 Å². The summed E-state index contributed by atoms with van der Waals surface area (Å²) < 4.78 is 0. The highest BCUT2D eigenvalue weighted by Gasteiger charge is 2.34. The van der Waals surface area contributed by atoms with Crippen LogP contribution in [0.2, 0.25) is 5.02 Å². The first-order chi connectivity index (χ1) is 9.99. The maximum absolute atomic E-state index is 9.68. The molecule has 0 aliphatic carbocycles. The molecule has 3 heteroatoms. The van der Waals surface area contributed by atoms with Gasteiger partial charge in [0, 0.05) is 23.1 Å². The minimum absolute atomic E-state index is 0.00370. The first-order valence-corrected chi connectivity index (χ1v) is 8.55. The molecule has 0 bridgehead atoms. The predicted octanol–water partition coefficient (Wildman–Crippen LogP) is 4.76. The molecular weight excluding hydrogens is 294 g/mol. The van der Waals surface area contributed by atoms with Gasteiger partial charge in [0.1, 0.15) is 0 Å². The van der Waals surface area contributed by atoms with Crippen molar-refractivity contribution in [2.45, 2.75) is 59.9 Å². The van der Waals surface area contributed by atoms with Gasteiger partial charge in [-0.05, 0) is 48.3 Å². The molecule has 1 aromatic rings. The summed E-state index contributed by atoms with van der Waals surface area (Å²) in [5, 5.41) is 10.5. The van der Waals surface area contributed by atoms with E-state index in [2.05, 4.69) is 46.8 Å². The SMILES string of the molecule is CC(C)C(CO)C(C)(N)c1ccc(CCC(C)(C)C)c(Cl)c1. The Morgan fingerprint density at radius 2 is 1.77 bits per heavy atom. The molecular formula is C19H32ClNO. The fourth-order valence-corrected chi connectivity index (χ4v) is 3.18. The van der Waals surface area contributed by atoms with Crippen LogP contribution >= 0.6 is 11.6 Å². The molecule has 0 saturated heterocycles. The second-order valence-corrected chi connectivity index (χ2v) is 8.59. The van der Waals surface area contributed by atoms with Gasteiger partial charge in [0.25, 0.3) is 0 Å². The number of aliphatic hydroxyl groups excluding tert-OH is 1. The molecule has 3 N–H and O–H groups in total. The summed E-state index contributed by atoms with van der Waals surface area (Å²) >= 11 is 6.47. The van der Waals surface area contributed by atoms with Crippen LogP contribution in [-0.4, -0.2) is 11.7 Å². The lowest BCUT2D eigenvalue weighted by Crippen LogP contribution is -2.45. The predicted molar refractivity (Wildman–Crippen MR) is 96.2 cm³/mol.